The molecule has 20 heavy (non-hydrogen) atoms. The fraction of sp³-hybridized carbons (Fsp3) is 1.00. The molecule has 0 N–H and O–H groups in total. The van der Waals surface area contributed by atoms with Gasteiger partial charge in [-0.25, -0.2) is 8.42 Å². The van der Waals surface area contributed by atoms with Gasteiger partial charge < -0.3 is 9.80 Å². The number of likely N-dealkylation sites (tertiary alicyclic amines) is 2. The highest BCUT2D eigenvalue weighted by atomic mass is 32.2. The second-order valence-electron chi connectivity index (χ2n) is 6.92. The summed E-state index contributed by atoms with van der Waals surface area (Å²) in [6.45, 7) is 8.94. The highest BCUT2D eigenvalue weighted by molar-refractivity contribution is 7.90. The molecule has 118 valence electrons. The van der Waals surface area contributed by atoms with Gasteiger partial charge in [-0.15, -0.1) is 0 Å². The number of sulfone groups is 1. The number of rotatable bonds is 5. The van der Waals surface area contributed by atoms with Gasteiger partial charge in [-0.05, 0) is 57.2 Å². The second-order valence-corrected chi connectivity index (χ2v) is 9.18. The van der Waals surface area contributed by atoms with Crippen molar-refractivity contribution in [3.05, 3.63) is 0 Å². The predicted octanol–water partition coefficient (Wildman–Crippen LogP) is 1.47. The Morgan fingerprint density at radius 1 is 1.05 bits per heavy atom. The van der Waals surface area contributed by atoms with Crippen molar-refractivity contribution in [3.63, 3.8) is 0 Å². The average molecular weight is 302 g/mol. The molecule has 0 radical (unpaired) electrons. The SMILES string of the molecule is CC1CCN(C[C@@H]2CCCN(CCS(C)(=O)=O)C2)CC1. The van der Waals surface area contributed by atoms with E-state index in [0.29, 0.717) is 12.3 Å². The number of nitrogens with zero attached hydrogens (tertiary/aromatic N) is 2. The molecule has 1 atom stereocenters. The van der Waals surface area contributed by atoms with Crippen LogP contribution < -0.4 is 0 Å². The Morgan fingerprint density at radius 2 is 1.75 bits per heavy atom. The molecular formula is C15H30N2O2S. The Labute approximate surface area is 124 Å². The van der Waals surface area contributed by atoms with Crippen LogP contribution in [0.5, 0.6) is 0 Å². The Hall–Kier alpha value is -0.130. The highest BCUT2D eigenvalue weighted by Crippen LogP contribution is 2.21. The summed E-state index contributed by atoms with van der Waals surface area (Å²) in [6, 6.07) is 0. The average Bonchev–Trinajstić information content (AvgIpc) is 2.39. The zero-order valence-electron chi connectivity index (χ0n) is 13.1. The summed E-state index contributed by atoms with van der Waals surface area (Å²) in [6.07, 6.45) is 6.54. The molecule has 5 heteroatoms. The van der Waals surface area contributed by atoms with Crippen molar-refractivity contribution < 1.29 is 8.42 Å². The Bertz CT molecular complexity index is 389. The summed E-state index contributed by atoms with van der Waals surface area (Å²) >= 11 is 0. The molecule has 0 aromatic rings. The zero-order valence-corrected chi connectivity index (χ0v) is 13.9. The van der Waals surface area contributed by atoms with Crippen molar-refractivity contribution in [1.29, 1.82) is 0 Å². The van der Waals surface area contributed by atoms with Crippen LogP contribution >= 0.6 is 0 Å². The van der Waals surface area contributed by atoms with Crippen molar-refractivity contribution in [2.45, 2.75) is 32.6 Å². The van der Waals surface area contributed by atoms with Crippen LogP contribution in [-0.4, -0.2) is 69.5 Å². The molecule has 0 amide bonds. The third-order valence-electron chi connectivity index (χ3n) is 4.77. The van der Waals surface area contributed by atoms with E-state index in [1.165, 1.54) is 51.6 Å². The topological polar surface area (TPSA) is 40.6 Å². The van der Waals surface area contributed by atoms with E-state index in [2.05, 4.69) is 16.7 Å². The van der Waals surface area contributed by atoms with Crippen LogP contribution in [0.1, 0.15) is 32.6 Å². The summed E-state index contributed by atoms with van der Waals surface area (Å²) in [5, 5.41) is 0. The van der Waals surface area contributed by atoms with Crippen LogP contribution in [-0.2, 0) is 9.84 Å². The molecule has 2 saturated heterocycles. The van der Waals surface area contributed by atoms with Crippen molar-refractivity contribution in [1.82, 2.24) is 9.80 Å². The van der Waals surface area contributed by atoms with E-state index in [0.717, 1.165) is 24.9 Å². The first-order valence-corrected chi connectivity index (χ1v) is 10.1. The summed E-state index contributed by atoms with van der Waals surface area (Å²) in [5.74, 6) is 1.93. The van der Waals surface area contributed by atoms with Gasteiger partial charge >= 0.3 is 0 Å². The van der Waals surface area contributed by atoms with E-state index in [9.17, 15) is 8.42 Å². The molecular weight excluding hydrogens is 272 g/mol. The molecule has 0 aromatic carbocycles. The Kier molecular flexibility index (Phi) is 5.87. The van der Waals surface area contributed by atoms with Gasteiger partial charge in [-0.2, -0.15) is 0 Å². The minimum atomic E-state index is -2.83. The molecule has 0 aromatic heterocycles. The van der Waals surface area contributed by atoms with Gasteiger partial charge in [-0.1, -0.05) is 6.92 Å². The predicted molar refractivity (Wildman–Crippen MR) is 83.7 cm³/mol. The molecule has 0 unspecified atom stereocenters. The van der Waals surface area contributed by atoms with Crippen LogP contribution in [0.25, 0.3) is 0 Å². The lowest BCUT2D eigenvalue weighted by Gasteiger charge is -2.37. The van der Waals surface area contributed by atoms with Gasteiger partial charge in [0.15, 0.2) is 0 Å². The molecule has 0 bridgehead atoms. The van der Waals surface area contributed by atoms with E-state index in [4.69, 9.17) is 0 Å². The fourth-order valence-corrected chi connectivity index (χ4v) is 4.00. The van der Waals surface area contributed by atoms with E-state index in [1.807, 2.05) is 0 Å². The number of piperidine rings is 2. The maximum absolute atomic E-state index is 11.3. The third-order valence-corrected chi connectivity index (χ3v) is 5.70. The van der Waals surface area contributed by atoms with Gasteiger partial charge in [0.2, 0.25) is 0 Å². The normalized spacial score (nSPS) is 27.8. The van der Waals surface area contributed by atoms with E-state index >= 15 is 0 Å². The summed E-state index contributed by atoms with van der Waals surface area (Å²) in [4.78, 5) is 4.96. The fourth-order valence-electron chi connectivity index (χ4n) is 3.41. The summed E-state index contributed by atoms with van der Waals surface area (Å²) in [5.41, 5.74) is 0. The lowest BCUT2D eigenvalue weighted by Crippen LogP contribution is -2.44. The van der Waals surface area contributed by atoms with E-state index in [-0.39, 0.29) is 0 Å². The van der Waals surface area contributed by atoms with Crippen molar-refractivity contribution >= 4 is 9.84 Å². The molecule has 2 heterocycles. The first-order valence-electron chi connectivity index (χ1n) is 8.05. The van der Waals surface area contributed by atoms with Crippen LogP contribution in [0.4, 0.5) is 0 Å². The number of hydrogen-bond donors (Lipinski definition) is 0. The van der Waals surface area contributed by atoms with Gasteiger partial charge in [0.25, 0.3) is 0 Å². The van der Waals surface area contributed by atoms with E-state index < -0.39 is 9.84 Å². The zero-order chi connectivity index (χ0) is 14.6. The molecule has 0 spiro atoms. The van der Waals surface area contributed by atoms with Crippen LogP contribution in [0.3, 0.4) is 0 Å². The molecule has 4 nitrogen and oxygen atoms in total. The lowest BCUT2D eigenvalue weighted by atomic mass is 9.94. The molecule has 2 fully saturated rings. The smallest absolute Gasteiger partial charge is 0.148 e. The van der Waals surface area contributed by atoms with Crippen molar-refractivity contribution in [3.8, 4) is 0 Å². The van der Waals surface area contributed by atoms with Gasteiger partial charge in [0, 0.05) is 25.9 Å². The Morgan fingerprint density at radius 3 is 2.40 bits per heavy atom. The van der Waals surface area contributed by atoms with Crippen LogP contribution in [0.15, 0.2) is 0 Å². The minimum Gasteiger partial charge on any atom is -0.303 e. The maximum Gasteiger partial charge on any atom is 0.148 e. The number of hydrogen-bond acceptors (Lipinski definition) is 4. The summed E-state index contributed by atoms with van der Waals surface area (Å²) < 4.78 is 22.5. The van der Waals surface area contributed by atoms with Crippen molar-refractivity contribution in [2.24, 2.45) is 11.8 Å². The quantitative estimate of drug-likeness (QED) is 0.771. The molecule has 0 saturated carbocycles. The largest absolute Gasteiger partial charge is 0.303 e. The monoisotopic (exact) mass is 302 g/mol. The van der Waals surface area contributed by atoms with Crippen LogP contribution in [0, 0.1) is 11.8 Å². The van der Waals surface area contributed by atoms with E-state index in [1.54, 1.807) is 0 Å². The van der Waals surface area contributed by atoms with Crippen LogP contribution in [0.2, 0.25) is 0 Å². The minimum absolute atomic E-state index is 0.306. The Balaban J connectivity index is 1.73. The van der Waals surface area contributed by atoms with Crippen molar-refractivity contribution in [2.75, 3.05) is 51.3 Å². The second kappa shape index (κ2) is 7.23. The molecule has 2 aliphatic rings. The van der Waals surface area contributed by atoms with Gasteiger partial charge in [-0.3, -0.25) is 0 Å². The maximum atomic E-state index is 11.3. The first-order chi connectivity index (χ1) is 9.42. The van der Waals surface area contributed by atoms with Gasteiger partial charge in [0.05, 0.1) is 5.75 Å². The molecule has 0 aliphatic carbocycles. The van der Waals surface area contributed by atoms with Gasteiger partial charge in [0.1, 0.15) is 9.84 Å². The molecule has 2 rings (SSSR count). The third kappa shape index (κ3) is 5.70. The standard InChI is InChI=1S/C15H30N2O2S/c1-14-5-8-17(9-6-14)13-15-4-3-7-16(12-15)10-11-20(2,18)19/h14-15H,3-13H2,1-2H3/t15-/m1/s1. The lowest BCUT2D eigenvalue weighted by molar-refractivity contribution is 0.115. The summed E-state index contributed by atoms with van der Waals surface area (Å²) in [7, 11) is -2.83. The highest BCUT2D eigenvalue weighted by Gasteiger charge is 2.24. The molecule has 2 aliphatic heterocycles. The first kappa shape index (κ1) is 16.2.